The summed E-state index contributed by atoms with van der Waals surface area (Å²) in [6.45, 7) is 6.24. The first-order valence-corrected chi connectivity index (χ1v) is 8.53. The first-order valence-electron chi connectivity index (χ1n) is 8.53. The lowest BCUT2D eigenvalue weighted by atomic mass is 10.0. The number of rotatable bonds is 2. The fourth-order valence-electron chi connectivity index (χ4n) is 3.90. The van der Waals surface area contributed by atoms with E-state index in [-0.39, 0.29) is 5.95 Å². The Hall–Kier alpha value is -2.32. The van der Waals surface area contributed by atoms with Crippen molar-refractivity contribution in [3.05, 3.63) is 23.7 Å². The van der Waals surface area contributed by atoms with Crippen LogP contribution in [0, 0.1) is 0 Å². The number of morpholine rings is 1. The number of hydrogen-bond donors (Lipinski definition) is 1. The van der Waals surface area contributed by atoms with Gasteiger partial charge in [-0.3, -0.25) is 0 Å². The van der Waals surface area contributed by atoms with E-state index in [0.717, 1.165) is 42.2 Å². The highest BCUT2D eigenvalue weighted by Crippen LogP contribution is 2.42. The molecular weight excluding hydrogens is 320 g/mol. The lowest BCUT2D eigenvalue weighted by Gasteiger charge is -2.29. The SMILES string of the molecule is CC1(C)OCc2c(N3CC4CC3CO4)nc(-c3cnc(N)nc3)nc21. The summed E-state index contributed by atoms with van der Waals surface area (Å²) in [5.74, 6) is 1.80. The first-order chi connectivity index (χ1) is 12.0. The second-order valence-electron chi connectivity index (χ2n) is 7.32. The van der Waals surface area contributed by atoms with Gasteiger partial charge in [-0.1, -0.05) is 0 Å². The number of anilines is 2. The molecule has 0 aliphatic carbocycles. The van der Waals surface area contributed by atoms with E-state index in [1.807, 2.05) is 13.8 Å². The van der Waals surface area contributed by atoms with Crippen LogP contribution in [0.15, 0.2) is 12.4 Å². The second kappa shape index (κ2) is 5.09. The molecule has 0 saturated carbocycles. The van der Waals surface area contributed by atoms with Crippen molar-refractivity contribution >= 4 is 11.8 Å². The Labute approximate surface area is 145 Å². The van der Waals surface area contributed by atoms with Crippen LogP contribution < -0.4 is 10.6 Å². The number of fused-ring (bicyclic) bond motifs is 3. The zero-order valence-electron chi connectivity index (χ0n) is 14.3. The molecular formula is C17H20N6O2. The minimum absolute atomic E-state index is 0.239. The molecule has 2 unspecified atom stereocenters. The van der Waals surface area contributed by atoms with Crippen molar-refractivity contribution in [1.29, 1.82) is 0 Å². The van der Waals surface area contributed by atoms with Gasteiger partial charge in [-0.15, -0.1) is 0 Å². The summed E-state index contributed by atoms with van der Waals surface area (Å²) in [4.78, 5) is 20.1. The van der Waals surface area contributed by atoms with Crippen LogP contribution in [-0.4, -0.2) is 45.2 Å². The summed E-state index contributed by atoms with van der Waals surface area (Å²) in [6.07, 6.45) is 4.68. The number of nitrogens with zero attached hydrogens (tertiary/aromatic N) is 5. The topological polar surface area (TPSA) is 99.3 Å². The van der Waals surface area contributed by atoms with Crippen LogP contribution in [0.2, 0.25) is 0 Å². The Morgan fingerprint density at radius 2 is 2.04 bits per heavy atom. The maximum atomic E-state index is 5.99. The van der Waals surface area contributed by atoms with Crippen molar-refractivity contribution in [2.75, 3.05) is 23.8 Å². The van der Waals surface area contributed by atoms with Crippen LogP contribution in [0.4, 0.5) is 11.8 Å². The van der Waals surface area contributed by atoms with E-state index in [2.05, 4.69) is 14.9 Å². The smallest absolute Gasteiger partial charge is 0.219 e. The van der Waals surface area contributed by atoms with E-state index < -0.39 is 5.60 Å². The van der Waals surface area contributed by atoms with Gasteiger partial charge in [0.2, 0.25) is 5.95 Å². The summed E-state index contributed by atoms with van der Waals surface area (Å²) in [7, 11) is 0. The van der Waals surface area contributed by atoms with E-state index in [4.69, 9.17) is 25.2 Å². The summed E-state index contributed by atoms with van der Waals surface area (Å²) in [5, 5.41) is 0. The average Bonchev–Trinajstić information content (AvgIpc) is 3.30. The highest BCUT2D eigenvalue weighted by molar-refractivity contribution is 5.62. The van der Waals surface area contributed by atoms with Gasteiger partial charge in [0.1, 0.15) is 11.4 Å². The zero-order chi connectivity index (χ0) is 17.2. The van der Waals surface area contributed by atoms with Crippen LogP contribution in [0.5, 0.6) is 0 Å². The molecule has 2 atom stereocenters. The molecule has 2 N–H and O–H groups in total. The van der Waals surface area contributed by atoms with Crippen molar-refractivity contribution in [3.63, 3.8) is 0 Å². The molecule has 2 aromatic rings. The Kier molecular flexibility index (Phi) is 3.05. The molecule has 0 amide bonds. The Morgan fingerprint density at radius 3 is 2.72 bits per heavy atom. The Morgan fingerprint density at radius 1 is 1.24 bits per heavy atom. The van der Waals surface area contributed by atoms with Crippen LogP contribution in [0.25, 0.3) is 11.4 Å². The molecule has 2 fully saturated rings. The van der Waals surface area contributed by atoms with Crippen LogP contribution in [0.3, 0.4) is 0 Å². The molecule has 8 nitrogen and oxygen atoms in total. The molecule has 5 heterocycles. The number of ether oxygens (including phenoxy) is 2. The van der Waals surface area contributed by atoms with Crippen LogP contribution >= 0.6 is 0 Å². The maximum Gasteiger partial charge on any atom is 0.219 e. The van der Waals surface area contributed by atoms with Gasteiger partial charge < -0.3 is 20.1 Å². The Bertz CT molecular complexity index is 838. The summed E-state index contributed by atoms with van der Waals surface area (Å²) in [5.41, 5.74) is 7.94. The van der Waals surface area contributed by atoms with Crippen LogP contribution in [-0.2, 0) is 21.7 Å². The van der Waals surface area contributed by atoms with Crippen molar-refractivity contribution in [2.24, 2.45) is 0 Å². The lowest BCUT2D eigenvalue weighted by Crippen LogP contribution is -2.38. The normalized spacial score (nSPS) is 26.2. The van der Waals surface area contributed by atoms with Crippen molar-refractivity contribution in [2.45, 2.75) is 44.6 Å². The highest BCUT2D eigenvalue weighted by atomic mass is 16.5. The highest BCUT2D eigenvalue weighted by Gasteiger charge is 2.43. The van der Waals surface area contributed by atoms with Gasteiger partial charge in [0.05, 0.1) is 36.6 Å². The summed E-state index contributed by atoms with van der Waals surface area (Å²) >= 11 is 0. The van der Waals surface area contributed by atoms with Gasteiger partial charge >= 0.3 is 0 Å². The van der Waals surface area contributed by atoms with Gasteiger partial charge in [0.15, 0.2) is 5.82 Å². The predicted octanol–water partition coefficient (Wildman–Crippen LogP) is 1.26. The molecule has 130 valence electrons. The minimum Gasteiger partial charge on any atom is -0.374 e. The number of hydrogen-bond acceptors (Lipinski definition) is 8. The predicted molar refractivity (Wildman–Crippen MR) is 90.8 cm³/mol. The molecule has 5 rings (SSSR count). The molecule has 2 saturated heterocycles. The average molecular weight is 340 g/mol. The quantitative estimate of drug-likeness (QED) is 0.872. The Balaban J connectivity index is 1.66. The first kappa shape index (κ1) is 15.0. The molecule has 0 radical (unpaired) electrons. The maximum absolute atomic E-state index is 5.99. The largest absolute Gasteiger partial charge is 0.374 e. The number of nitrogen functional groups attached to an aromatic ring is 1. The van der Waals surface area contributed by atoms with Gasteiger partial charge in [-0.25, -0.2) is 19.9 Å². The fraction of sp³-hybridized carbons (Fsp3) is 0.529. The van der Waals surface area contributed by atoms with Gasteiger partial charge in [-0.05, 0) is 20.3 Å². The summed E-state index contributed by atoms with van der Waals surface area (Å²) < 4.78 is 11.7. The molecule has 2 bridgehead atoms. The van der Waals surface area contributed by atoms with E-state index >= 15 is 0 Å². The molecule has 8 heteroatoms. The zero-order valence-corrected chi connectivity index (χ0v) is 14.3. The summed E-state index contributed by atoms with van der Waals surface area (Å²) in [6, 6.07) is 0.378. The van der Waals surface area contributed by atoms with Crippen molar-refractivity contribution in [3.8, 4) is 11.4 Å². The van der Waals surface area contributed by atoms with E-state index in [9.17, 15) is 0 Å². The monoisotopic (exact) mass is 340 g/mol. The van der Waals surface area contributed by atoms with Crippen molar-refractivity contribution < 1.29 is 9.47 Å². The van der Waals surface area contributed by atoms with Crippen molar-refractivity contribution in [1.82, 2.24) is 19.9 Å². The van der Waals surface area contributed by atoms with Gasteiger partial charge in [-0.2, -0.15) is 0 Å². The molecule has 2 aromatic heterocycles. The standard InChI is InChI=1S/C17H20N6O2/c1-17(2)13-12(8-25-17)15(23-6-11-3-10(23)7-24-11)22-14(21-13)9-4-19-16(18)20-5-9/h4-5,10-11H,3,6-8H2,1-2H3,(H2,18,19,20). The fourth-order valence-corrected chi connectivity index (χ4v) is 3.90. The minimum atomic E-state index is -0.439. The molecule has 25 heavy (non-hydrogen) atoms. The van der Waals surface area contributed by atoms with E-state index in [0.29, 0.717) is 24.6 Å². The van der Waals surface area contributed by atoms with Crippen LogP contribution in [0.1, 0.15) is 31.5 Å². The second-order valence-corrected chi connectivity index (χ2v) is 7.32. The third kappa shape index (κ3) is 2.28. The van der Waals surface area contributed by atoms with E-state index in [1.54, 1.807) is 12.4 Å². The third-order valence-electron chi connectivity index (χ3n) is 5.24. The van der Waals surface area contributed by atoms with Gasteiger partial charge in [0.25, 0.3) is 0 Å². The molecule has 0 spiro atoms. The lowest BCUT2D eigenvalue weighted by molar-refractivity contribution is -0.0100. The number of aromatic nitrogens is 4. The molecule has 3 aliphatic heterocycles. The van der Waals surface area contributed by atoms with Gasteiger partial charge in [0, 0.05) is 24.5 Å². The third-order valence-corrected chi connectivity index (χ3v) is 5.24. The van der Waals surface area contributed by atoms with E-state index in [1.165, 1.54) is 0 Å². The number of nitrogens with two attached hydrogens (primary N) is 1. The molecule has 0 aromatic carbocycles. The molecule has 3 aliphatic rings.